The van der Waals surface area contributed by atoms with Crippen molar-refractivity contribution in [3.05, 3.63) is 35.4 Å². The Bertz CT molecular complexity index is 524. The second-order valence-corrected chi connectivity index (χ2v) is 7.08. The Morgan fingerprint density at radius 2 is 1.76 bits per heavy atom. The van der Waals surface area contributed by atoms with E-state index >= 15 is 0 Å². The van der Waals surface area contributed by atoms with E-state index in [4.69, 9.17) is 0 Å². The van der Waals surface area contributed by atoms with E-state index in [1.807, 2.05) is 12.1 Å². The van der Waals surface area contributed by atoms with Gasteiger partial charge in [-0.2, -0.15) is 5.26 Å². The summed E-state index contributed by atoms with van der Waals surface area (Å²) in [5.74, 6) is 0.745. The molecule has 2 aliphatic rings. The monoisotopic (exact) mass is 283 g/mol. The molecule has 2 heteroatoms. The van der Waals surface area contributed by atoms with Gasteiger partial charge in [-0.1, -0.05) is 44.0 Å². The van der Waals surface area contributed by atoms with Crippen LogP contribution in [0.25, 0.3) is 0 Å². The van der Waals surface area contributed by atoms with Crippen molar-refractivity contribution in [3.8, 4) is 6.07 Å². The van der Waals surface area contributed by atoms with Gasteiger partial charge in [0.05, 0.1) is 17.1 Å². The van der Waals surface area contributed by atoms with Gasteiger partial charge in [-0.15, -0.1) is 0 Å². The van der Waals surface area contributed by atoms with E-state index in [-0.39, 0.29) is 0 Å². The van der Waals surface area contributed by atoms with Gasteiger partial charge in [-0.05, 0) is 55.6 Å². The van der Waals surface area contributed by atoms with Crippen molar-refractivity contribution < 1.29 is 5.11 Å². The van der Waals surface area contributed by atoms with Gasteiger partial charge >= 0.3 is 0 Å². The first-order valence-electron chi connectivity index (χ1n) is 8.33. The number of aliphatic hydroxyl groups is 1. The topological polar surface area (TPSA) is 44.0 Å². The first-order chi connectivity index (χ1) is 10.1. The third-order valence-electron chi connectivity index (χ3n) is 5.84. The van der Waals surface area contributed by atoms with Gasteiger partial charge in [0, 0.05) is 0 Å². The largest absolute Gasteiger partial charge is 0.388 e. The van der Waals surface area contributed by atoms with Crippen molar-refractivity contribution in [2.45, 2.75) is 63.9 Å². The van der Waals surface area contributed by atoms with Crippen LogP contribution in [0.2, 0.25) is 0 Å². The number of nitriles is 1. The Morgan fingerprint density at radius 1 is 1.19 bits per heavy atom. The van der Waals surface area contributed by atoms with Crippen LogP contribution in [0.15, 0.2) is 24.3 Å². The summed E-state index contributed by atoms with van der Waals surface area (Å²) in [4.78, 5) is 0. The highest BCUT2D eigenvalue weighted by molar-refractivity contribution is 5.39. The van der Waals surface area contributed by atoms with Gasteiger partial charge in [0.15, 0.2) is 0 Å². The van der Waals surface area contributed by atoms with Crippen LogP contribution in [0.1, 0.15) is 56.6 Å². The van der Waals surface area contributed by atoms with Crippen LogP contribution in [0.3, 0.4) is 0 Å². The van der Waals surface area contributed by atoms with E-state index in [9.17, 15) is 10.4 Å². The van der Waals surface area contributed by atoms with E-state index in [1.54, 1.807) is 0 Å². The summed E-state index contributed by atoms with van der Waals surface area (Å²) in [6, 6.07) is 10.8. The zero-order valence-corrected chi connectivity index (χ0v) is 12.9. The van der Waals surface area contributed by atoms with Crippen LogP contribution in [0, 0.1) is 22.7 Å². The van der Waals surface area contributed by atoms with E-state index < -0.39 is 11.0 Å². The maximum absolute atomic E-state index is 11.3. The zero-order chi connectivity index (χ0) is 14.9. The lowest BCUT2D eigenvalue weighted by molar-refractivity contribution is -0.0880. The van der Waals surface area contributed by atoms with Gasteiger partial charge in [-0.25, -0.2) is 0 Å². The number of fused-ring (bicyclic) bond motifs is 1. The molecule has 0 unspecified atom stereocenters. The maximum Gasteiger partial charge on any atom is 0.0940 e. The first-order valence-corrected chi connectivity index (χ1v) is 8.33. The molecule has 1 saturated carbocycles. The third-order valence-corrected chi connectivity index (χ3v) is 5.84. The molecule has 0 amide bonds. The van der Waals surface area contributed by atoms with Gasteiger partial charge in [-0.3, -0.25) is 0 Å². The van der Waals surface area contributed by atoms with E-state index in [0.29, 0.717) is 12.8 Å². The molecule has 2 aliphatic carbocycles. The summed E-state index contributed by atoms with van der Waals surface area (Å²) in [6.07, 6.45) is 7.64. The molecule has 0 aromatic heterocycles. The van der Waals surface area contributed by atoms with Crippen molar-refractivity contribution in [2.24, 2.45) is 11.3 Å². The second-order valence-electron chi connectivity index (χ2n) is 7.08. The van der Waals surface area contributed by atoms with Crippen molar-refractivity contribution in [2.75, 3.05) is 0 Å². The lowest BCUT2D eigenvalue weighted by atomic mass is 9.62. The van der Waals surface area contributed by atoms with Crippen molar-refractivity contribution in [1.29, 1.82) is 5.26 Å². The van der Waals surface area contributed by atoms with Gasteiger partial charge in [0.25, 0.3) is 0 Å². The maximum atomic E-state index is 11.3. The van der Waals surface area contributed by atoms with Gasteiger partial charge in [0.2, 0.25) is 0 Å². The second kappa shape index (κ2) is 5.46. The summed E-state index contributed by atoms with van der Waals surface area (Å²) < 4.78 is 0. The molecule has 2 nitrogen and oxygen atoms in total. The molecule has 21 heavy (non-hydrogen) atoms. The molecule has 0 heterocycles. The molecule has 112 valence electrons. The number of hydrogen-bond acceptors (Lipinski definition) is 2. The predicted octanol–water partition coefficient (Wildman–Crippen LogP) is 4.02. The highest BCUT2D eigenvalue weighted by Crippen LogP contribution is 2.51. The van der Waals surface area contributed by atoms with Gasteiger partial charge < -0.3 is 5.11 Å². The molecule has 1 aromatic rings. The summed E-state index contributed by atoms with van der Waals surface area (Å²) in [6.45, 7) is 2.23. The summed E-state index contributed by atoms with van der Waals surface area (Å²) in [5, 5.41) is 21.1. The van der Waals surface area contributed by atoms with Crippen LogP contribution in [-0.4, -0.2) is 10.7 Å². The molecule has 0 atom stereocenters. The fourth-order valence-electron chi connectivity index (χ4n) is 4.46. The molecule has 0 radical (unpaired) electrons. The third kappa shape index (κ3) is 2.38. The highest BCUT2D eigenvalue weighted by atomic mass is 16.3. The summed E-state index contributed by atoms with van der Waals surface area (Å²) in [5.41, 5.74) is 1.10. The minimum absolute atomic E-state index is 0.603. The average Bonchev–Trinajstić information content (AvgIpc) is 2.90. The molecule has 1 fully saturated rings. The van der Waals surface area contributed by atoms with Crippen molar-refractivity contribution >= 4 is 0 Å². The minimum atomic E-state index is -0.801. The molecule has 0 saturated heterocycles. The number of benzene rings is 1. The molecule has 1 aromatic carbocycles. The lowest BCUT2D eigenvalue weighted by Crippen LogP contribution is -2.50. The van der Waals surface area contributed by atoms with Crippen LogP contribution in [-0.2, 0) is 12.8 Å². The van der Waals surface area contributed by atoms with Crippen LogP contribution in [0.5, 0.6) is 0 Å². The van der Waals surface area contributed by atoms with Crippen molar-refractivity contribution in [3.63, 3.8) is 0 Å². The Kier molecular flexibility index (Phi) is 3.80. The number of hydrogen-bond donors (Lipinski definition) is 1. The number of rotatable bonds is 3. The lowest BCUT2D eigenvalue weighted by Gasteiger charge is -2.45. The standard InChI is InChI=1S/C19H25NO/c1-2-5-15-8-10-19(21,11-9-15)18(14-20)12-16-6-3-4-7-17(16)13-18/h3-4,6-7,15,21H,2,5,8-13H2,1H3. The summed E-state index contributed by atoms with van der Waals surface area (Å²) in [7, 11) is 0. The van der Waals surface area contributed by atoms with Crippen molar-refractivity contribution in [1.82, 2.24) is 0 Å². The SMILES string of the molecule is CCCC1CCC(O)(C2(C#N)Cc3ccccc3C2)CC1. The van der Waals surface area contributed by atoms with E-state index in [1.165, 1.54) is 24.0 Å². The fourth-order valence-corrected chi connectivity index (χ4v) is 4.46. The zero-order valence-electron chi connectivity index (χ0n) is 12.9. The average molecular weight is 283 g/mol. The smallest absolute Gasteiger partial charge is 0.0940 e. The minimum Gasteiger partial charge on any atom is -0.388 e. The van der Waals surface area contributed by atoms with Gasteiger partial charge in [0.1, 0.15) is 0 Å². The molecule has 3 rings (SSSR count). The molecular formula is C19H25NO. The fraction of sp³-hybridized carbons (Fsp3) is 0.632. The van der Waals surface area contributed by atoms with E-state index in [2.05, 4.69) is 25.1 Å². The molecular weight excluding hydrogens is 258 g/mol. The predicted molar refractivity (Wildman–Crippen MR) is 83.7 cm³/mol. The van der Waals surface area contributed by atoms with Crippen LogP contribution < -0.4 is 0 Å². The van der Waals surface area contributed by atoms with Crippen LogP contribution in [0.4, 0.5) is 0 Å². The Hall–Kier alpha value is -1.33. The first kappa shape index (κ1) is 14.6. The Balaban J connectivity index is 1.81. The molecule has 0 bridgehead atoms. The Morgan fingerprint density at radius 3 is 2.24 bits per heavy atom. The summed E-state index contributed by atoms with van der Waals surface area (Å²) >= 11 is 0. The van der Waals surface area contributed by atoms with E-state index in [0.717, 1.165) is 31.6 Å². The molecule has 0 spiro atoms. The normalized spacial score (nSPS) is 30.6. The van der Waals surface area contributed by atoms with Crippen LogP contribution >= 0.6 is 0 Å². The highest BCUT2D eigenvalue weighted by Gasteiger charge is 2.54. The molecule has 1 N–H and O–H groups in total. The number of nitrogens with zero attached hydrogens (tertiary/aromatic N) is 1. The Labute approximate surface area is 127 Å². The molecule has 0 aliphatic heterocycles. The quantitative estimate of drug-likeness (QED) is 0.910.